The molecule has 1 rings (SSSR count). The van der Waals surface area contributed by atoms with Crippen LogP contribution in [-0.4, -0.2) is 67.8 Å². The molecule has 1 amide bonds. The molecule has 0 bridgehead atoms. The summed E-state index contributed by atoms with van der Waals surface area (Å²) in [4.78, 5) is 15.7. The maximum absolute atomic E-state index is 12.2. The van der Waals surface area contributed by atoms with E-state index in [1.807, 2.05) is 38.2 Å². The van der Waals surface area contributed by atoms with Crippen molar-refractivity contribution in [2.75, 3.05) is 40.9 Å². The number of likely N-dealkylation sites (N-methyl/N-ethyl adjacent to an activating group) is 2. The number of ether oxygens (including phenoxy) is 1. The van der Waals surface area contributed by atoms with Gasteiger partial charge in [-0.25, -0.2) is 0 Å². The Kier molecular flexibility index (Phi) is 7.36. The molecule has 0 radical (unpaired) electrons. The molecule has 1 unspecified atom stereocenters. The maximum Gasteiger partial charge on any atom is 0.236 e. The Bertz CT molecular complexity index is 451. The number of carbonyl (C=O) groups is 1. The summed E-state index contributed by atoms with van der Waals surface area (Å²) in [5, 5.41) is 9.65. The third kappa shape index (κ3) is 6.25. The number of hydrogen-bond acceptors (Lipinski definition) is 4. The minimum atomic E-state index is -0.575. The van der Waals surface area contributed by atoms with E-state index in [0.29, 0.717) is 13.1 Å². The fourth-order valence-electron chi connectivity index (χ4n) is 2.15. The quantitative estimate of drug-likeness (QED) is 0.774. The van der Waals surface area contributed by atoms with Crippen molar-refractivity contribution in [1.82, 2.24) is 9.80 Å². The highest BCUT2D eigenvalue weighted by Crippen LogP contribution is 2.09. The van der Waals surface area contributed by atoms with Crippen LogP contribution in [0.2, 0.25) is 0 Å². The topological polar surface area (TPSA) is 53.0 Å². The Morgan fingerprint density at radius 2 is 2.00 bits per heavy atom. The zero-order valence-electron chi connectivity index (χ0n) is 13.4. The van der Waals surface area contributed by atoms with E-state index in [9.17, 15) is 9.90 Å². The standard InChI is InChI=1S/C16H26N2O3/c1-13-7-5-6-8-14(13)9-18(3)16(20)11-17(2)10-15(19)12-21-4/h5-8,15,19H,9-12H2,1-4H3. The van der Waals surface area contributed by atoms with Crippen LogP contribution in [0.5, 0.6) is 0 Å². The van der Waals surface area contributed by atoms with Gasteiger partial charge in [0.15, 0.2) is 0 Å². The summed E-state index contributed by atoms with van der Waals surface area (Å²) in [6, 6.07) is 8.05. The molecule has 5 nitrogen and oxygen atoms in total. The number of carbonyl (C=O) groups excluding carboxylic acids is 1. The van der Waals surface area contributed by atoms with Crippen molar-refractivity contribution in [3.05, 3.63) is 35.4 Å². The lowest BCUT2D eigenvalue weighted by molar-refractivity contribution is -0.131. The predicted molar refractivity (Wildman–Crippen MR) is 83.0 cm³/mol. The summed E-state index contributed by atoms with van der Waals surface area (Å²) in [6.45, 7) is 3.61. The second-order valence-corrected chi connectivity index (χ2v) is 5.48. The molecular formula is C16H26N2O3. The van der Waals surface area contributed by atoms with Gasteiger partial charge in [0.2, 0.25) is 5.91 Å². The number of methoxy groups -OCH3 is 1. The first-order valence-electron chi connectivity index (χ1n) is 7.08. The molecule has 1 atom stereocenters. The molecule has 1 aromatic rings. The van der Waals surface area contributed by atoms with Crippen molar-refractivity contribution in [3.63, 3.8) is 0 Å². The van der Waals surface area contributed by atoms with Gasteiger partial charge >= 0.3 is 0 Å². The van der Waals surface area contributed by atoms with Crippen molar-refractivity contribution in [2.24, 2.45) is 0 Å². The minimum Gasteiger partial charge on any atom is -0.389 e. The van der Waals surface area contributed by atoms with Crippen molar-refractivity contribution >= 4 is 5.91 Å². The summed E-state index contributed by atoms with van der Waals surface area (Å²) >= 11 is 0. The first kappa shape index (κ1) is 17.6. The van der Waals surface area contributed by atoms with Gasteiger partial charge in [0.05, 0.1) is 19.3 Å². The molecule has 0 aromatic heterocycles. The molecule has 5 heteroatoms. The average molecular weight is 294 g/mol. The van der Waals surface area contributed by atoms with Gasteiger partial charge in [0, 0.05) is 27.2 Å². The molecule has 0 fully saturated rings. The highest BCUT2D eigenvalue weighted by atomic mass is 16.5. The molecular weight excluding hydrogens is 268 g/mol. The number of benzene rings is 1. The van der Waals surface area contributed by atoms with E-state index >= 15 is 0 Å². The molecule has 0 heterocycles. The van der Waals surface area contributed by atoms with Crippen LogP contribution in [0.3, 0.4) is 0 Å². The van der Waals surface area contributed by atoms with Crippen molar-refractivity contribution in [1.29, 1.82) is 0 Å². The number of rotatable bonds is 8. The minimum absolute atomic E-state index is 0.0327. The lowest BCUT2D eigenvalue weighted by Crippen LogP contribution is -2.40. The largest absolute Gasteiger partial charge is 0.389 e. The summed E-state index contributed by atoms with van der Waals surface area (Å²) in [7, 11) is 5.16. The monoisotopic (exact) mass is 294 g/mol. The summed E-state index contributed by atoms with van der Waals surface area (Å²) in [6.07, 6.45) is -0.575. The van der Waals surface area contributed by atoms with E-state index in [4.69, 9.17) is 4.74 Å². The predicted octanol–water partition coefficient (Wildman–Crippen LogP) is 0.893. The van der Waals surface area contributed by atoms with E-state index in [2.05, 4.69) is 0 Å². The maximum atomic E-state index is 12.2. The van der Waals surface area contributed by atoms with E-state index in [1.54, 1.807) is 24.0 Å². The first-order chi connectivity index (χ1) is 9.93. The summed E-state index contributed by atoms with van der Waals surface area (Å²) < 4.78 is 4.88. The smallest absolute Gasteiger partial charge is 0.236 e. The fourth-order valence-corrected chi connectivity index (χ4v) is 2.15. The molecule has 0 spiro atoms. The molecule has 1 N–H and O–H groups in total. The Hall–Kier alpha value is -1.43. The summed E-state index contributed by atoms with van der Waals surface area (Å²) in [5.74, 6) is 0.0327. The van der Waals surface area contributed by atoms with Gasteiger partial charge in [-0.05, 0) is 25.1 Å². The number of aliphatic hydroxyl groups excluding tert-OH is 1. The molecule has 0 saturated heterocycles. The molecule has 0 aliphatic rings. The van der Waals surface area contributed by atoms with Crippen LogP contribution in [0.1, 0.15) is 11.1 Å². The second kappa shape index (κ2) is 8.77. The number of nitrogens with zero attached hydrogens (tertiary/aromatic N) is 2. The van der Waals surface area contributed by atoms with E-state index in [1.165, 1.54) is 5.56 Å². The summed E-state index contributed by atoms with van der Waals surface area (Å²) in [5.41, 5.74) is 2.33. The van der Waals surface area contributed by atoms with Crippen LogP contribution in [0.25, 0.3) is 0 Å². The Morgan fingerprint density at radius 1 is 1.33 bits per heavy atom. The van der Waals surface area contributed by atoms with Crippen molar-refractivity contribution in [2.45, 2.75) is 19.6 Å². The van der Waals surface area contributed by atoms with E-state index < -0.39 is 6.10 Å². The van der Waals surface area contributed by atoms with Crippen LogP contribution >= 0.6 is 0 Å². The third-order valence-corrected chi connectivity index (χ3v) is 3.38. The lowest BCUT2D eigenvalue weighted by atomic mass is 10.1. The number of aryl methyl sites for hydroxylation is 1. The van der Waals surface area contributed by atoms with Gasteiger partial charge in [-0.2, -0.15) is 0 Å². The molecule has 21 heavy (non-hydrogen) atoms. The zero-order chi connectivity index (χ0) is 15.8. The number of aliphatic hydroxyl groups is 1. The lowest BCUT2D eigenvalue weighted by Gasteiger charge is -2.24. The highest BCUT2D eigenvalue weighted by Gasteiger charge is 2.15. The van der Waals surface area contributed by atoms with Gasteiger partial charge in [-0.3, -0.25) is 9.69 Å². The SMILES string of the molecule is COCC(O)CN(C)CC(=O)N(C)Cc1ccccc1C. The van der Waals surface area contributed by atoms with Crippen LogP contribution in [0, 0.1) is 6.92 Å². The van der Waals surface area contributed by atoms with Gasteiger partial charge < -0.3 is 14.7 Å². The normalized spacial score (nSPS) is 12.5. The van der Waals surface area contributed by atoms with Gasteiger partial charge in [0.1, 0.15) is 0 Å². The number of amides is 1. The molecule has 0 aliphatic heterocycles. The third-order valence-electron chi connectivity index (χ3n) is 3.38. The zero-order valence-corrected chi connectivity index (χ0v) is 13.4. The molecule has 118 valence electrons. The Balaban J connectivity index is 2.46. The average Bonchev–Trinajstić information content (AvgIpc) is 2.41. The first-order valence-corrected chi connectivity index (χ1v) is 7.08. The number of hydrogen-bond donors (Lipinski definition) is 1. The van der Waals surface area contributed by atoms with Crippen molar-refractivity contribution < 1.29 is 14.6 Å². The van der Waals surface area contributed by atoms with Crippen LogP contribution < -0.4 is 0 Å². The van der Waals surface area contributed by atoms with Gasteiger partial charge in [0.25, 0.3) is 0 Å². The van der Waals surface area contributed by atoms with Gasteiger partial charge in [-0.1, -0.05) is 24.3 Å². The highest BCUT2D eigenvalue weighted by molar-refractivity contribution is 5.78. The Labute approximate surface area is 127 Å². The van der Waals surface area contributed by atoms with Crippen LogP contribution in [0.15, 0.2) is 24.3 Å². The second-order valence-electron chi connectivity index (χ2n) is 5.48. The molecule has 1 aromatic carbocycles. The van der Waals surface area contributed by atoms with Crippen LogP contribution in [-0.2, 0) is 16.1 Å². The fraction of sp³-hybridized carbons (Fsp3) is 0.562. The van der Waals surface area contributed by atoms with E-state index in [-0.39, 0.29) is 19.1 Å². The Morgan fingerprint density at radius 3 is 2.62 bits per heavy atom. The van der Waals surface area contributed by atoms with Gasteiger partial charge in [-0.15, -0.1) is 0 Å². The van der Waals surface area contributed by atoms with Crippen LogP contribution in [0.4, 0.5) is 0 Å². The molecule has 0 aliphatic carbocycles. The van der Waals surface area contributed by atoms with E-state index in [0.717, 1.165) is 5.56 Å². The van der Waals surface area contributed by atoms with Crippen molar-refractivity contribution in [3.8, 4) is 0 Å². The molecule has 0 saturated carbocycles.